The molecule has 0 N–H and O–H groups in total. The molecule has 2 rings (SSSR count). The summed E-state index contributed by atoms with van der Waals surface area (Å²) in [5.41, 5.74) is 0.376. The Hall–Kier alpha value is -0.460. The summed E-state index contributed by atoms with van der Waals surface area (Å²) in [6, 6.07) is 0. The minimum Gasteiger partial charge on any atom is -0.501 e. The van der Waals surface area contributed by atoms with Crippen LogP contribution in [0.2, 0.25) is 0 Å². The monoisotopic (exact) mass is 222 g/mol. The minimum absolute atomic E-state index is 0.376. The van der Waals surface area contributed by atoms with Gasteiger partial charge in [-0.05, 0) is 41.6 Å². The van der Waals surface area contributed by atoms with Crippen LogP contribution in [0.4, 0.5) is 0 Å². The van der Waals surface area contributed by atoms with E-state index in [-0.39, 0.29) is 0 Å². The minimum atomic E-state index is 0.376. The number of ether oxygens (including phenoxy) is 1. The van der Waals surface area contributed by atoms with Crippen LogP contribution in [0.1, 0.15) is 41.0 Å². The number of hydrogen-bond donors (Lipinski definition) is 0. The molecule has 1 saturated carbocycles. The highest BCUT2D eigenvalue weighted by Gasteiger charge is 2.55. The van der Waals surface area contributed by atoms with E-state index in [1.807, 2.05) is 7.11 Å². The highest BCUT2D eigenvalue weighted by molar-refractivity contribution is 5.17. The Balaban J connectivity index is 2.43. The highest BCUT2D eigenvalue weighted by Crippen LogP contribution is 2.60. The molecule has 0 saturated heterocycles. The van der Waals surface area contributed by atoms with E-state index in [1.54, 1.807) is 0 Å². The molecule has 0 aliphatic heterocycles. The largest absolute Gasteiger partial charge is 0.501 e. The van der Waals surface area contributed by atoms with Gasteiger partial charge in [-0.1, -0.05) is 34.6 Å². The van der Waals surface area contributed by atoms with Crippen molar-refractivity contribution in [3.05, 3.63) is 11.8 Å². The third-order valence-corrected chi connectivity index (χ3v) is 5.65. The van der Waals surface area contributed by atoms with Crippen LogP contribution in [0.25, 0.3) is 0 Å². The summed E-state index contributed by atoms with van der Waals surface area (Å²) in [7, 11) is 1.84. The van der Waals surface area contributed by atoms with E-state index in [4.69, 9.17) is 4.74 Å². The van der Waals surface area contributed by atoms with Crippen LogP contribution in [0.3, 0.4) is 0 Å². The van der Waals surface area contributed by atoms with Gasteiger partial charge in [-0.3, -0.25) is 0 Å². The number of methoxy groups -OCH3 is 1. The molecule has 92 valence electrons. The van der Waals surface area contributed by atoms with Crippen molar-refractivity contribution in [2.45, 2.75) is 41.0 Å². The van der Waals surface area contributed by atoms with Crippen LogP contribution in [0.15, 0.2) is 11.8 Å². The van der Waals surface area contributed by atoms with Crippen LogP contribution in [0.5, 0.6) is 0 Å². The molecule has 5 atom stereocenters. The van der Waals surface area contributed by atoms with Gasteiger partial charge in [-0.2, -0.15) is 0 Å². The van der Waals surface area contributed by atoms with E-state index in [0.717, 1.165) is 23.7 Å². The lowest BCUT2D eigenvalue weighted by Gasteiger charge is -2.38. The van der Waals surface area contributed by atoms with Crippen molar-refractivity contribution in [3.8, 4) is 0 Å². The van der Waals surface area contributed by atoms with Gasteiger partial charge in [0.1, 0.15) is 0 Å². The van der Waals surface area contributed by atoms with Crippen molar-refractivity contribution in [1.29, 1.82) is 0 Å². The molecule has 1 nitrogen and oxygen atoms in total. The summed E-state index contributed by atoms with van der Waals surface area (Å²) in [5.74, 6) is 5.10. The SMILES string of the molecule is COC1=CCC(C)C2C(C)C(C)C(C)(C)C12. The lowest BCUT2D eigenvalue weighted by Crippen LogP contribution is -2.32. The second-order valence-corrected chi connectivity index (χ2v) is 6.55. The maximum atomic E-state index is 5.65. The number of fused-ring (bicyclic) bond motifs is 1. The molecule has 0 heterocycles. The Morgan fingerprint density at radius 2 is 1.88 bits per heavy atom. The third kappa shape index (κ3) is 1.43. The molecule has 0 bridgehead atoms. The van der Waals surface area contributed by atoms with Crippen LogP contribution in [-0.4, -0.2) is 7.11 Å². The molecule has 0 spiro atoms. The highest BCUT2D eigenvalue weighted by atomic mass is 16.5. The average Bonchev–Trinajstić information content (AvgIpc) is 2.42. The third-order valence-electron chi connectivity index (χ3n) is 5.65. The topological polar surface area (TPSA) is 9.23 Å². The molecule has 0 aromatic heterocycles. The summed E-state index contributed by atoms with van der Waals surface area (Å²) in [4.78, 5) is 0. The van der Waals surface area contributed by atoms with Gasteiger partial charge >= 0.3 is 0 Å². The summed E-state index contributed by atoms with van der Waals surface area (Å²) in [6.07, 6.45) is 3.52. The first-order valence-electron chi connectivity index (χ1n) is 6.65. The van der Waals surface area contributed by atoms with E-state index >= 15 is 0 Å². The van der Waals surface area contributed by atoms with Gasteiger partial charge in [-0.15, -0.1) is 0 Å². The van der Waals surface area contributed by atoms with E-state index < -0.39 is 0 Å². The Kier molecular flexibility index (Phi) is 2.84. The van der Waals surface area contributed by atoms with E-state index in [9.17, 15) is 0 Å². The fourth-order valence-corrected chi connectivity index (χ4v) is 4.29. The lowest BCUT2D eigenvalue weighted by atomic mass is 9.68. The maximum Gasteiger partial charge on any atom is 0.0955 e. The fourth-order valence-electron chi connectivity index (χ4n) is 4.29. The maximum absolute atomic E-state index is 5.65. The number of allylic oxidation sites excluding steroid dienone is 2. The molecule has 16 heavy (non-hydrogen) atoms. The molecule has 2 aliphatic rings. The van der Waals surface area contributed by atoms with Gasteiger partial charge < -0.3 is 4.74 Å². The lowest BCUT2D eigenvalue weighted by molar-refractivity contribution is 0.101. The molecule has 0 aromatic rings. The molecular formula is C15H26O. The van der Waals surface area contributed by atoms with E-state index in [2.05, 4.69) is 40.7 Å². The van der Waals surface area contributed by atoms with Gasteiger partial charge in [0.25, 0.3) is 0 Å². The normalized spacial score (nSPS) is 46.1. The van der Waals surface area contributed by atoms with Crippen molar-refractivity contribution in [1.82, 2.24) is 0 Å². The van der Waals surface area contributed by atoms with Gasteiger partial charge in [0.15, 0.2) is 0 Å². The molecule has 1 fully saturated rings. The van der Waals surface area contributed by atoms with Crippen LogP contribution in [0, 0.1) is 35.0 Å². The molecule has 5 unspecified atom stereocenters. The van der Waals surface area contributed by atoms with Crippen LogP contribution < -0.4 is 0 Å². The van der Waals surface area contributed by atoms with Gasteiger partial charge in [-0.25, -0.2) is 0 Å². The summed E-state index contributed by atoms with van der Waals surface area (Å²) >= 11 is 0. The zero-order valence-electron chi connectivity index (χ0n) is 11.6. The Morgan fingerprint density at radius 1 is 1.25 bits per heavy atom. The smallest absolute Gasteiger partial charge is 0.0955 e. The summed E-state index contributed by atoms with van der Waals surface area (Å²) in [6.45, 7) is 12.1. The van der Waals surface area contributed by atoms with Crippen molar-refractivity contribution in [2.75, 3.05) is 7.11 Å². The first-order chi connectivity index (χ1) is 7.41. The van der Waals surface area contributed by atoms with Crippen molar-refractivity contribution < 1.29 is 4.74 Å². The van der Waals surface area contributed by atoms with Crippen molar-refractivity contribution >= 4 is 0 Å². The number of hydrogen-bond acceptors (Lipinski definition) is 1. The van der Waals surface area contributed by atoms with Crippen molar-refractivity contribution in [3.63, 3.8) is 0 Å². The quantitative estimate of drug-likeness (QED) is 0.649. The first-order valence-corrected chi connectivity index (χ1v) is 6.65. The predicted octanol–water partition coefficient (Wildman–Crippen LogP) is 4.10. The summed E-state index contributed by atoms with van der Waals surface area (Å²) in [5, 5.41) is 0. The first kappa shape index (κ1) is 12.0. The molecule has 0 amide bonds. The van der Waals surface area contributed by atoms with E-state index in [1.165, 1.54) is 12.2 Å². The van der Waals surface area contributed by atoms with Crippen molar-refractivity contribution in [2.24, 2.45) is 35.0 Å². The summed E-state index contributed by atoms with van der Waals surface area (Å²) < 4.78 is 5.65. The van der Waals surface area contributed by atoms with Gasteiger partial charge in [0, 0.05) is 5.92 Å². The second-order valence-electron chi connectivity index (χ2n) is 6.55. The zero-order valence-corrected chi connectivity index (χ0v) is 11.6. The van der Waals surface area contributed by atoms with Crippen LogP contribution >= 0.6 is 0 Å². The molecule has 0 radical (unpaired) electrons. The molecule has 2 aliphatic carbocycles. The Bertz CT molecular complexity index is 303. The van der Waals surface area contributed by atoms with Crippen LogP contribution in [-0.2, 0) is 4.74 Å². The average molecular weight is 222 g/mol. The standard InChI is InChI=1S/C15H26O/c1-9-7-8-12(16-6)14-13(9)10(2)11(3)15(14,4)5/h8-11,13-14H,7H2,1-6H3. The van der Waals surface area contributed by atoms with Gasteiger partial charge in [0.2, 0.25) is 0 Å². The Labute approximate surface area is 100 Å². The molecular weight excluding hydrogens is 196 g/mol. The zero-order chi connectivity index (χ0) is 12.1. The van der Waals surface area contributed by atoms with E-state index in [0.29, 0.717) is 11.3 Å². The Morgan fingerprint density at radius 3 is 2.44 bits per heavy atom. The molecule has 1 heteroatoms. The predicted molar refractivity (Wildman–Crippen MR) is 68.0 cm³/mol. The molecule has 0 aromatic carbocycles. The second kappa shape index (κ2) is 3.78. The fraction of sp³-hybridized carbons (Fsp3) is 0.867. The number of rotatable bonds is 1. The van der Waals surface area contributed by atoms with Gasteiger partial charge in [0.05, 0.1) is 12.9 Å².